The number of likely N-dealkylation sites (tertiary alicyclic amines) is 1. The van der Waals surface area contributed by atoms with Gasteiger partial charge in [-0.05, 0) is 25.0 Å². The summed E-state index contributed by atoms with van der Waals surface area (Å²) in [5, 5.41) is 3.88. The Morgan fingerprint density at radius 3 is 2.96 bits per heavy atom. The minimum absolute atomic E-state index is 0.0838. The molecule has 1 aliphatic rings. The molecule has 1 aromatic heterocycles. The number of hydrogen-bond acceptors (Lipinski definition) is 6. The highest BCUT2D eigenvalue weighted by Gasteiger charge is 2.26. The Morgan fingerprint density at radius 1 is 1.32 bits per heavy atom. The first-order chi connectivity index (χ1) is 12.2. The second kappa shape index (κ2) is 8.02. The molecule has 1 aliphatic heterocycles. The van der Waals surface area contributed by atoms with Gasteiger partial charge in [-0.3, -0.25) is 4.79 Å². The van der Waals surface area contributed by atoms with Crippen molar-refractivity contribution in [2.45, 2.75) is 25.6 Å². The molecule has 1 atom stereocenters. The summed E-state index contributed by atoms with van der Waals surface area (Å²) >= 11 is 0. The molecule has 0 unspecified atom stereocenters. The van der Waals surface area contributed by atoms with E-state index in [1.807, 2.05) is 18.2 Å². The van der Waals surface area contributed by atoms with Crippen LogP contribution in [0, 0.1) is 0 Å². The van der Waals surface area contributed by atoms with E-state index in [1.54, 1.807) is 31.3 Å². The topological polar surface area (TPSA) is 74.0 Å². The molecule has 1 aromatic carbocycles. The van der Waals surface area contributed by atoms with Crippen LogP contribution in [0.5, 0.6) is 11.5 Å². The molecule has 1 fully saturated rings. The van der Waals surface area contributed by atoms with Crippen molar-refractivity contribution < 1.29 is 23.5 Å². The van der Waals surface area contributed by atoms with Gasteiger partial charge in [-0.1, -0.05) is 11.2 Å². The molecule has 25 heavy (non-hydrogen) atoms. The number of methoxy groups -OCH3 is 2. The highest BCUT2D eigenvalue weighted by atomic mass is 16.5. The van der Waals surface area contributed by atoms with E-state index in [2.05, 4.69) is 5.16 Å². The summed E-state index contributed by atoms with van der Waals surface area (Å²) in [5.74, 6) is 1.72. The number of carbonyl (C=O) groups excluding carboxylic acids is 1. The van der Waals surface area contributed by atoms with Gasteiger partial charge in [0.2, 0.25) is 0 Å². The number of rotatable bonds is 6. The van der Waals surface area contributed by atoms with Gasteiger partial charge in [0.15, 0.2) is 11.5 Å². The van der Waals surface area contributed by atoms with Gasteiger partial charge in [-0.2, -0.15) is 0 Å². The Balaban J connectivity index is 1.59. The van der Waals surface area contributed by atoms with Crippen molar-refractivity contribution in [3.05, 3.63) is 41.8 Å². The normalized spacial score (nSPS) is 17.4. The van der Waals surface area contributed by atoms with Crippen LogP contribution in [-0.2, 0) is 11.3 Å². The zero-order chi connectivity index (χ0) is 17.6. The number of aromatic nitrogens is 1. The lowest BCUT2D eigenvalue weighted by molar-refractivity contribution is 0.0263. The average Bonchev–Trinajstić information content (AvgIpc) is 3.15. The first-order valence-electron chi connectivity index (χ1n) is 8.24. The van der Waals surface area contributed by atoms with Gasteiger partial charge in [0.25, 0.3) is 5.91 Å². The molecule has 134 valence electrons. The maximum absolute atomic E-state index is 12.5. The maximum Gasteiger partial charge on any atom is 0.276 e. The van der Waals surface area contributed by atoms with E-state index in [4.69, 9.17) is 18.7 Å². The van der Waals surface area contributed by atoms with E-state index in [9.17, 15) is 4.79 Å². The molecule has 3 rings (SSSR count). The van der Waals surface area contributed by atoms with Gasteiger partial charge in [0.1, 0.15) is 18.1 Å². The summed E-state index contributed by atoms with van der Waals surface area (Å²) in [4.78, 5) is 14.3. The molecule has 0 bridgehead atoms. The third kappa shape index (κ3) is 4.30. The summed E-state index contributed by atoms with van der Waals surface area (Å²) in [5.41, 5.74) is 0.293. The van der Waals surface area contributed by atoms with Crippen molar-refractivity contribution in [1.82, 2.24) is 10.1 Å². The summed E-state index contributed by atoms with van der Waals surface area (Å²) in [6, 6.07) is 8.90. The SMILES string of the molecule is COc1cccc(OCc2cc(C(=O)N3CCC[C@H](OC)C3)no2)c1. The molecule has 2 heterocycles. The van der Waals surface area contributed by atoms with Crippen molar-refractivity contribution >= 4 is 5.91 Å². The molecule has 0 spiro atoms. The predicted octanol–water partition coefficient (Wildman–Crippen LogP) is 2.51. The van der Waals surface area contributed by atoms with Crippen LogP contribution >= 0.6 is 0 Å². The molecule has 2 aromatic rings. The molecule has 1 saturated heterocycles. The van der Waals surface area contributed by atoms with Crippen molar-refractivity contribution in [3.8, 4) is 11.5 Å². The second-order valence-corrected chi connectivity index (χ2v) is 5.90. The van der Waals surface area contributed by atoms with Crippen molar-refractivity contribution in [3.63, 3.8) is 0 Å². The monoisotopic (exact) mass is 346 g/mol. The number of nitrogens with zero attached hydrogens (tertiary/aromatic N) is 2. The van der Waals surface area contributed by atoms with E-state index in [0.717, 1.165) is 12.8 Å². The van der Waals surface area contributed by atoms with Crippen LogP contribution in [0.3, 0.4) is 0 Å². The van der Waals surface area contributed by atoms with Crippen LogP contribution in [0.1, 0.15) is 29.1 Å². The quantitative estimate of drug-likeness (QED) is 0.800. The van der Waals surface area contributed by atoms with E-state index in [0.29, 0.717) is 36.0 Å². The standard InChI is InChI=1S/C18H22N2O5/c1-22-13-5-3-6-14(9-13)24-12-16-10-17(19-25-16)18(21)20-8-4-7-15(11-20)23-2/h3,5-6,9-10,15H,4,7-8,11-12H2,1-2H3/t15-/m0/s1. The minimum atomic E-state index is -0.141. The molecule has 7 nitrogen and oxygen atoms in total. The highest BCUT2D eigenvalue weighted by Crippen LogP contribution is 2.20. The number of carbonyl (C=O) groups is 1. The molecule has 7 heteroatoms. The van der Waals surface area contributed by atoms with Gasteiger partial charge in [0, 0.05) is 32.3 Å². The Hall–Kier alpha value is -2.54. The highest BCUT2D eigenvalue weighted by molar-refractivity contribution is 5.92. The van der Waals surface area contributed by atoms with Crippen molar-refractivity contribution in [1.29, 1.82) is 0 Å². The lowest BCUT2D eigenvalue weighted by Gasteiger charge is -2.31. The Kier molecular flexibility index (Phi) is 5.55. The third-order valence-electron chi connectivity index (χ3n) is 4.20. The Morgan fingerprint density at radius 2 is 2.16 bits per heavy atom. The van der Waals surface area contributed by atoms with E-state index in [1.165, 1.54) is 0 Å². The fraction of sp³-hybridized carbons (Fsp3) is 0.444. The summed E-state index contributed by atoms with van der Waals surface area (Å²) < 4.78 is 21.4. The summed E-state index contributed by atoms with van der Waals surface area (Å²) in [7, 11) is 3.27. The summed E-state index contributed by atoms with van der Waals surface area (Å²) in [6.45, 7) is 1.48. The van der Waals surface area contributed by atoms with Crippen LogP contribution < -0.4 is 9.47 Å². The first kappa shape index (κ1) is 17.3. The lowest BCUT2D eigenvalue weighted by atomic mass is 10.1. The van der Waals surface area contributed by atoms with Crippen LogP contribution in [0.2, 0.25) is 0 Å². The second-order valence-electron chi connectivity index (χ2n) is 5.90. The number of benzene rings is 1. The molecular weight excluding hydrogens is 324 g/mol. The largest absolute Gasteiger partial charge is 0.497 e. The van der Waals surface area contributed by atoms with Gasteiger partial charge < -0.3 is 23.6 Å². The van der Waals surface area contributed by atoms with Crippen LogP contribution in [0.25, 0.3) is 0 Å². The minimum Gasteiger partial charge on any atom is -0.497 e. The maximum atomic E-state index is 12.5. The number of amides is 1. The van der Waals surface area contributed by atoms with E-state index < -0.39 is 0 Å². The fourth-order valence-electron chi connectivity index (χ4n) is 2.80. The molecular formula is C18H22N2O5. The molecule has 0 saturated carbocycles. The number of piperidine rings is 1. The number of hydrogen-bond donors (Lipinski definition) is 0. The van der Waals surface area contributed by atoms with Gasteiger partial charge >= 0.3 is 0 Å². The third-order valence-corrected chi connectivity index (χ3v) is 4.20. The first-order valence-corrected chi connectivity index (χ1v) is 8.24. The zero-order valence-electron chi connectivity index (χ0n) is 14.4. The average molecular weight is 346 g/mol. The van der Waals surface area contributed by atoms with Crippen molar-refractivity contribution in [2.24, 2.45) is 0 Å². The lowest BCUT2D eigenvalue weighted by Crippen LogP contribution is -2.43. The van der Waals surface area contributed by atoms with E-state index >= 15 is 0 Å². The Bertz CT molecular complexity index is 715. The smallest absolute Gasteiger partial charge is 0.276 e. The van der Waals surface area contributed by atoms with Crippen molar-refractivity contribution in [2.75, 3.05) is 27.3 Å². The van der Waals surface area contributed by atoms with Crippen LogP contribution in [0.15, 0.2) is 34.9 Å². The van der Waals surface area contributed by atoms with Crippen LogP contribution in [0.4, 0.5) is 0 Å². The zero-order valence-corrected chi connectivity index (χ0v) is 14.4. The predicted molar refractivity (Wildman–Crippen MR) is 89.8 cm³/mol. The Labute approximate surface area is 146 Å². The van der Waals surface area contributed by atoms with Crippen LogP contribution in [-0.4, -0.2) is 49.4 Å². The number of ether oxygens (including phenoxy) is 3. The van der Waals surface area contributed by atoms with E-state index in [-0.39, 0.29) is 18.6 Å². The fourth-order valence-corrected chi connectivity index (χ4v) is 2.80. The van der Waals surface area contributed by atoms with Gasteiger partial charge in [-0.15, -0.1) is 0 Å². The molecule has 0 N–H and O–H groups in total. The molecule has 1 amide bonds. The van der Waals surface area contributed by atoms with Gasteiger partial charge in [0.05, 0.1) is 13.2 Å². The molecule has 0 aliphatic carbocycles. The summed E-state index contributed by atoms with van der Waals surface area (Å²) in [6.07, 6.45) is 1.98. The van der Waals surface area contributed by atoms with Gasteiger partial charge in [-0.25, -0.2) is 0 Å². The molecule has 0 radical (unpaired) electrons.